The van der Waals surface area contributed by atoms with Gasteiger partial charge in [-0.05, 0) is 44.5 Å². The minimum Gasteiger partial charge on any atom is -0.369 e. The van der Waals surface area contributed by atoms with E-state index in [-0.39, 0.29) is 30.0 Å². The minimum atomic E-state index is -0.355. The Morgan fingerprint density at radius 2 is 1.96 bits per heavy atom. The molecule has 2 amide bonds. The molecular formula is C18H21FN4O2. The number of nitrogens with two attached hydrogens (primary N) is 1. The van der Waals surface area contributed by atoms with E-state index >= 15 is 0 Å². The number of amides is 2. The summed E-state index contributed by atoms with van der Waals surface area (Å²) in [6, 6.07) is 6.06. The fraction of sp³-hybridized carbons (Fsp3) is 0.389. The Bertz CT molecular complexity index is 813. The smallest absolute Gasteiger partial charge is 0.227 e. The number of hydrogen-bond donors (Lipinski definition) is 1. The maximum atomic E-state index is 13.1. The molecule has 132 valence electrons. The fourth-order valence-corrected chi connectivity index (χ4v) is 3.25. The van der Waals surface area contributed by atoms with E-state index in [0.29, 0.717) is 19.5 Å². The highest BCUT2D eigenvalue weighted by atomic mass is 19.1. The highest BCUT2D eigenvalue weighted by molar-refractivity contribution is 5.82. The largest absolute Gasteiger partial charge is 0.369 e. The van der Waals surface area contributed by atoms with Crippen molar-refractivity contribution in [2.75, 3.05) is 13.1 Å². The molecule has 6 nitrogen and oxygen atoms in total. The zero-order valence-corrected chi connectivity index (χ0v) is 14.3. The Hall–Kier alpha value is -2.70. The van der Waals surface area contributed by atoms with Crippen molar-refractivity contribution in [1.82, 2.24) is 14.7 Å². The van der Waals surface area contributed by atoms with Crippen molar-refractivity contribution in [1.29, 1.82) is 0 Å². The molecule has 1 fully saturated rings. The molecule has 1 aromatic heterocycles. The Labute approximate surface area is 145 Å². The number of nitrogens with zero attached hydrogens (tertiary/aromatic N) is 3. The van der Waals surface area contributed by atoms with Gasteiger partial charge in [-0.15, -0.1) is 0 Å². The van der Waals surface area contributed by atoms with Crippen LogP contribution in [0.15, 0.2) is 24.3 Å². The average molecular weight is 344 g/mol. The van der Waals surface area contributed by atoms with Crippen molar-refractivity contribution in [3.63, 3.8) is 0 Å². The number of hydrogen-bond acceptors (Lipinski definition) is 3. The van der Waals surface area contributed by atoms with Gasteiger partial charge in [-0.1, -0.05) is 0 Å². The van der Waals surface area contributed by atoms with Crippen LogP contribution >= 0.6 is 0 Å². The van der Waals surface area contributed by atoms with Crippen molar-refractivity contribution in [2.24, 2.45) is 11.7 Å². The molecule has 1 aliphatic rings. The van der Waals surface area contributed by atoms with Crippen LogP contribution in [0.25, 0.3) is 5.69 Å². The van der Waals surface area contributed by atoms with Crippen molar-refractivity contribution in [3.05, 3.63) is 47.0 Å². The van der Waals surface area contributed by atoms with Gasteiger partial charge in [0.2, 0.25) is 11.8 Å². The first-order valence-electron chi connectivity index (χ1n) is 8.25. The van der Waals surface area contributed by atoms with Crippen LogP contribution in [0.2, 0.25) is 0 Å². The monoisotopic (exact) mass is 344 g/mol. The molecule has 0 saturated carbocycles. The number of aromatic nitrogens is 2. The quantitative estimate of drug-likeness (QED) is 0.913. The predicted molar refractivity (Wildman–Crippen MR) is 90.6 cm³/mol. The third-order valence-electron chi connectivity index (χ3n) is 4.78. The molecule has 1 aromatic carbocycles. The number of benzene rings is 1. The Kier molecular flexibility index (Phi) is 4.57. The van der Waals surface area contributed by atoms with Crippen LogP contribution in [0.5, 0.6) is 0 Å². The second-order valence-corrected chi connectivity index (χ2v) is 6.44. The lowest BCUT2D eigenvalue weighted by Crippen LogP contribution is -2.32. The molecule has 0 unspecified atom stereocenters. The molecule has 2 heterocycles. The first-order valence-corrected chi connectivity index (χ1v) is 8.25. The molecule has 0 spiro atoms. The second-order valence-electron chi connectivity index (χ2n) is 6.44. The Morgan fingerprint density at radius 3 is 2.56 bits per heavy atom. The van der Waals surface area contributed by atoms with Gasteiger partial charge in [-0.25, -0.2) is 9.07 Å². The molecule has 2 N–H and O–H groups in total. The van der Waals surface area contributed by atoms with Crippen LogP contribution in [0.4, 0.5) is 4.39 Å². The van der Waals surface area contributed by atoms with E-state index in [1.54, 1.807) is 21.7 Å². The minimum absolute atomic E-state index is 0.0337. The van der Waals surface area contributed by atoms with Gasteiger partial charge in [0.1, 0.15) is 5.82 Å². The summed E-state index contributed by atoms with van der Waals surface area (Å²) in [5, 5.41) is 4.48. The molecule has 1 aliphatic heterocycles. The molecular weight excluding hydrogens is 323 g/mol. The molecule has 7 heteroatoms. The summed E-state index contributed by atoms with van der Waals surface area (Å²) in [5.41, 5.74) is 8.54. The SMILES string of the molecule is Cc1nn(-c2ccc(F)cc2)c(C)c1CC(=O)N1CC[C@@H](C(N)=O)C1. The highest BCUT2D eigenvalue weighted by Gasteiger charge is 2.30. The van der Waals surface area contributed by atoms with Crippen LogP contribution in [-0.4, -0.2) is 39.6 Å². The number of carbonyl (C=O) groups excluding carboxylic acids is 2. The van der Waals surface area contributed by atoms with Gasteiger partial charge >= 0.3 is 0 Å². The maximum absolute atomic E-state index is 13.1. The molecule has 0 aliphatic carbocycles. The van der Waals surface area contributed by atoms with Crippen molar-refractivity contribution in [2.45, 2.75) is 26.7 Å². The molecule has 1 atom stereocenters. The zero-order valence-electron chi connectivity index (χ0n) is 14.3. The summed E-state index contributed by atoms with van der Waals surface area (Å²) in [4.78, 5) is 25.5. The molecule has 25 heavy (non-hydrogen) atoms. The third kappa shape index (κ3) is 3.40. The van der Waals surface area contributed by atoms with Gasteiger partial charge in [-0.3, -0.25) is 9.59 Å². The first kappa shape index (κ1) is 17.1. The first-order chi connectivity index (χ1) is 11.9. The number of aryl methyl sites for hydroxylation is 1. The molecule has 2 aromatic rings. The van der Waals surface area contributed by atoms with E-state index in [1.165, 1.54) is 12.1 Å². The number of carbonyl (C=O) groups is 2. The Morgan fingerprint density at radius 1 is 1.28 bits per heavy atom. The summed E-state index contributed by atoms with van der Waals surface area (Å²) in [7, 11) is 0. The lowest BCUT2D eigenvalue weighted by Gasteiger charge is -2.16. The van der Waals surface area contributed by atoms with E-state index in [9.17, 15) is 14.0 Å². The molecule has 0 radical (unpaired) electrons. The summed E-state index contributed by atoms with van der Waals surface area (Å²) in [6.07, 6.45) is 0.845. The predicted octanol–water partition coefficient (Wildman–Crippen LogP) is 1.50. The van der Waals surface area contributed by atoms with Crippen LogP contribution in [0.1, 0.15) is 23.4 Å². The molecule has 0 bridgehead atoms. The standard InChI is InChI=1S/C18H21FN4O2/c1-11-16(9-17(24)22-8-7-13(10-22)18(20)25)12(2)23(21-11)15-5-3-14(19)4-6-15/h3-6,13H,7-10H2,1-2H3,(H2,20,25)/t13-/m1/s1. The summed E-state index contributed by atoms with van der Waals surface area (Å²) < 4.78 is 14.8. The number of rotatable bonds is 4. The number of likely N-dealkylation sites (tertiary alicyclic amines) is 1. The van der Waals surface area contributed by atoms with Crippen molar-refractivity contribution >= 4 is 11.8 Å². The normalized spacial score (nSPS) is 17.1. The topological polar surface area (TPSA) is 81.2 Å². The number of halogens is 1. The van der Waals surface area contributed by atoms with Gasteiger partial charge in [-0.2, -0.15) is 5.10 Å². The van der Waals surface area contributed by atoms with Crippen molar-refractivity contribution < 1.29 is 14.0 Å². The van der Waals surface area contributed by atoms with Gasteiger partial charge in [0.05, 0.1) is 23.7 Å². The summed E-state index contributed by atoms with van der Waals surface area (Å²) >= 11 is 0. The van der Waals surface area contributed by atoms with Crippen LogP contribution in [0, 0.1) is 25.6 Å². The average Bonchev–Trinajstić information content (AvgIpc) is 3.17. The second kappa shape index (κ2) is 6.66. The highest BCUT2D eigenvalue weighted by Crippen LogP contribution is 2.21. The zero-order chi connectivity index (χ0) is 18.1. The van der Waals surface area contributed by atoms with Gasteiger partial charge in [0.15, 0.2) is 0 Å². The summed E-state index contributed by atoms with van der Waals surface area (Å²) in [6.45, 7) is 4.68. The van der Waals surface area contributed by atoms with Crippen molar-refractivity contribution in [3.8, 4) is 5.69 Å². The lowest BCUT2D eigenvalue weighted by atomic mass is 10.1. The van der Waals surface area contributed by atoms with Crippen LogP contribution in [0.3, 0.4) is 0 Å². The van der Waals surface area contributed by atoms with Crippen LogP contribution < -0.4 is 5.73 Å². The van der Waals surface area contributed by atoms with E-state index < -0.39 is 0 Å². The van der Waals surface area contributed by atoms with Gasteiger partial charge in [0.25, 0.3) is 0 Å². The van der Waals surface area contributed by atoms with E-state index in [4.69, 9.17) is 5.73 Å². The molecule has 3 rings (SSSR count). The van der Waals surface area contributed by atoms with E-state index in [1.807, 2.05) is 13.8 Å². The van der Waals surface area contributed by atoms with E-state index in [0.717, 1.165) is 22.6 Å². The number of primary amides is 1. The van der Waals surface area contributed by atoms with Gasteiger partial charge < -0.3 is 10.6 Å². The van der Waals surface area contributed by atoms with Crippen LogP contribution in [-0.2, 0) is 16.0 Å². The summed E-state index contributed by atoms with van der Waals surface area (Å²) in [5.74, 6) is -0.952. The van der Waals surface area contributed by atoms with Gasteiger partial charge in [0, 0.05) is 24.3 Å². The maximum Gasteiger partial charge on any atom is 0.227 e. The fourth-order valence-electron chi connectivity index (χ4n) is 3.25. The lowest BCUT2D eigenvalue weighted by molar-refractivity contribution is -0.129. The Balaban J connectivity index is 1.78. The third-order valence-corrected chi connectivity index (χ3v) is 4.78. The molecule has 1 saturated heterocycles. The van der Waals surface area contributed by atoms with E-state index in [2.05, 4.69) is 5.10 Å².